The van der Waals surface area contributed by atoms with Crippen molar-refractivity contribution in [2.75, 3.05) is 33.2 Å². The first kappa shape index (κ1) is 15.3. The fourth-order valence-corrected chi connectivity index (χ4v) is 2.70. The molecule has 0 saturated carbocycles. The largest absolute Gasteiger partial charge is 0.480 e. The van der Waals surface area contributed by atoms with Crippen molar-refractivity contribution in [3.63, 3.8) is 0 Å². The SMILES string of the molecule is Cc1ccc(C[C@H](C(=O)O)N2CCN(C)CC2)cc1Cl. The molecule has 1 saturated heterocycles. The van der Waals surface area contributed by atoms with E-state index < -0.39 is 12.0 Å². The Labute approximate surface area is 124 Å². The number of aliphatic carboxylic acids is 1. The van der Waals surface area contributed by atoms with Crippen molar-refractivity contribution < 1.29 is 9.90 Å². The van der Waals surface area contributed by atoms with Crippen LogP contribution < -0.4 is 0 Å². The monoisotopic (exact) mass is 296 g/mol. The molecule has 1 atom stereocenters. The minimum Gasteiger partial charge on any atom is -0.480 e. The van der Waals surface area contributed by atoms with Gasteiger partial charge in [-0.25, -0.2) is 0 Å². The maximum atomic E-state index is 11.5. The summed E-state index contributed by atoms with van der Waals surface area (Å²) >= 11 is 6.11. The predicted octanol–water partition coefficient (Wildman–Crippen LogP) is 1.89. The minimum absolute atomic E-state index is 0.470. The van der Waals surface area contributed by atoms with Gasteiger partial charge >= 0.3 is 5.97 Å². The number of benzene rings is 1. The van der Waals surface area contributed by atoms with Crippen LogP contribution >= 0.6 is 11.6 Å². The molecule has 0 aromatic heterocycles. The second-order valence-electron chi connectivity index (χ2n) is 5.48. The first-order chi connectivity index (χ1) is 9.47. The average molecular weight is 297 g/mol. The molecule has 5 heteroatoms. The fourth-order valence-electron chi connectivity index (χ4n) is 2.49. The van der Waals surface area contributed by atoms with Crippen molar-refractivity contribution in [3.05, 3.63) is 34.3 Å². The Bertz CT molecular complexity index is 485. The number of piperazine rings is 1. The molecular formula is C15H21ClN2O2. The molecule has 2 rings (SSSR count). The summed E-state index contributed by atoms with van der Waals surface area (Å²) in [4.78, 5) is 15.8. The van der Waals surface area contributed by atoms with Gasteiger partial charge in [0, 0.05) is 31.2 Å². The lowest BCUT2D eigenvalue weighted by molar-refractivity contribution is -0.144. The molecular weight excluding hydrogens is 276 g/mol. The second-order valence-corrected chi connectivity index (χ2v) is 5.89. The average Bonchev–Trinajstić information content (AvgIpc) is 2.41. The van der Waals surface area contributed by atoms with Crippen LogP contribution in [0.2, 0.25) is 5.02 Å². The smallest absolute Gasteiger partial charge is 0.321 e. The Hall–Kier alpha value is -1.10. The molecule has 1 aromatic carbocycles. The number of hydrogen-bond acceptors (Lipinski definition) is 3. The normalized spacial score (nSPS) is 18.9. The van der Waals surface area contributed by atoms with E-state index in [1.165, 1.54) is 0 Å². The van der Waals surface area contributed by atoms with E-state index in [4.69, 9.17) is 11.6 Å². The summed E-state index contributed by atoms with van der Waals surface area (Å²) in [5.41, 5.74) is 1.99. The van der Waals surface area contributed by atoms with Crippen LogP contribution in [-0.2, 0) is 11.2 Å². The van der Waals surface area contributed by atoms with Crippen molar-refractivity contribution in [1.82, 2.24) is 9.80 Å². The molecule has 0 bridgehead atoms. The molecule has 1 N–H and O–H groups in total. The van der Waals surface area contributed by atoms with E-state index in [-0.39, 0.29) is 0 Å². The van der Waals surface area contributed by atoms with Gasteiger partial charge in [0.25, 0.3) is 0 Å². The summed E-state index contributed by atoms with van der Waals surface area (Å²) in [5, 5.41) is 10.2. The fraction of sp³-hybridized carbons (Fsp3) is 0.533. The van der Waals surface area contributed by atoms with Crippen LogP contribution in [0.4, 0.5) is 0 Å². The maximum absolute atomic E-state index is 11.5. The Morgan fingerprint density at radius 3 is 2.55 bits per heavy atom. The summed E-state index contributed by atoms with van der Waals surface area (Å²) in [6, 6.07) is 5.32. The number of likely N-dealkylation sites (N-methyl/N-ethyl adjacent to an activating group) is 1. The van der Waals surface area contributed by atoms with Crippen molar-refractivity contribution >= 4 is 17.6 Å². The van der Waals surface area contributed by atoms with Crippen LogP contribution in [0.3, 0.4) is 0 Å². The lowest BCUT2D eigenvalue weighted by Gasteiger charge is -2.36. The van der Waals surface area contributed by atoms with E-state index in [1.54, 1.807) is 0 Å². The van der Waals surface area contributed by atoms with Gasteiger partial charge in [-0.1, -0.05) is 23.7 Å². The second kappa shape index (κ2) is 6.57. The third kappa shape index (κ3) is 3.72. The van der Waals surface area contributed by atoms with Crippen LogP contribution in [0.25, 0.3) is 0 Å². The molecule has 0 radical (unpaired) electrons. The zero-order valence-electron chi connectivity index (χ0n) is 12.0. The third-order valence-corrected chi connectivity index (χ3v) is 4.34. The Morgan fingerprint density at radius 2 is 2.00 bits per heavy atom. The van der Waals surface area contributed by atoms with Gasteiger partial charge < -0.3 is 10.0 Å². The van der Waals surface area contributed by atoms with Crippen LogP contribution in [-0.4, -0.2) is 60.1 Å². The highest BCUT2D eigenvalue weighted by Crippen LogP contribution is 2.19. The number of rotatable bonds is 4. The highest BCUT2D eigenvalue weighted by atomic mass is 35.5. The minimum atomic E-state index is -0.758. The standard InChI is InChI=1S/C15H21ClN2O2/c1-11-3-4-12(9-13(11)16)10-14(15(19)20)18-7-5-17(2)6-8-18/h3-4,9,14H,5-8,10H2,1-2H3,(H,19,20)/t14-/m1/s1. The maximum Gasteiger partial charge on any atom is 0.321 e. The van der Waals surface area contributed by atoms with Gasteiger partial charge in [0.05, 0.1) is 0 Å². The Balaban J connectivity index is 2.09. The summed E-state index contributed by atoms with van der Waals surface area (Å²) in [6.07, 6.45) is 0.499. The molecule has 1 fully saturated rings. The van der Waals surface area contributed by atoms with Crippen molar-refractivity contribution in [2.45, 2.75) is 19.4 Å². The number of carboxylic acids is 1. The molecule has 20 heavy (non-hydrogen) atoms. The number of nitrogens with zero attached hydrogens (tertiary/aromatic N) is 2. The molecule has 0 amide bonds. The first-order valence-electron chi connectivity index (χ1n) is 6.88. The van der Waals surface area contributed by atoms with Gasteiger partial charge in [0.2, 0.25) is 0 Å². The molecule has 0 unspecified atom stereocenters. The summed E-state index contributed by atoms with van der Waals surface area (Å²) < 4.78 is 0. The number of carbonyl (C=O) groups is 1. The highest BCUT2D eigenvalue weighted by molar-refractivity contribution is 6.31. The zero-order chi connectivity index (χ0) is 14.7. The van der Waals surface area contributed by atoms with E-state index in [0.717, 1.165) is 37.3 Å². The van der Waals surface area contributed by atoms with E-state index in [9.17, 15) is 9.90 Å². The van der Waals surface area contributed by atoms with Crippen LogP contribution in [0.5, 0.6) is 0 Å². The lowest BCUT2D eigenvalue weighted by atomic mass is 10.0. The van der Waals surface area contributed by atoms with Gasteiger partial charge in [-0.3, -0.25) is 9.69 Å². The predicted molar refractivity (Wildman–Crippen MR) is 80.4 cm³/mol. The number of halogens is 1. The summed E-state index contributed by atoms with van der Waals surface area (Å²) in [5.74, 6) is -0.758. The summed E-state index contributed by atoms with van der Waals surface area (Å²) in [7, 11) is 2.06. The molecule has 0 spiro atoms. The number of carboxylic acid groups (broad SMARTS) is 1. The van der Waals surface area contributed by atoms with Gasteiger partial charge in [-0.05, 0) is 37.6 Å². The van der Waals surface area contributed by atoms with Crippen molar-refractivity contribution in [3.8, 4) is 0 Å². The lowest BCUT2D eigenvalue weighted by Crippen LogP contribution is -2.52. The van der Waals surface area contributed by atoms with Crippen LogP contribution in [0.15, 0.2) is 18.2 Å². The topological polar surface area (TPSA) is 43.8 Å². The molecule has 1 aliphatic heterocycles. The van der Waals surface area contributed by atoms with Crippen molar-refractivity contribution in [2.24, 2.45) is 0 Å². The molecule has 1 aromatic rings. The van der Waals surface area contributed by atoms with E-state index in [1.807, 2.05) is 25.1 Å². The Kier molecular flexibility index (Phi) is 5.02. The quantitative estimate of drug-likeness (QED) is 0.921. The van der Waals surface area contributed by atoms with E-state index in [0.29, 0.717) is 11.4 Å². The van der Waals surface area contributed by atoms with Gasteiger partial charge in [-0.15, -0.1) is 0 Å². The van der Waals surface area contributed by atoms with Crippen molar-refractivity contribution in [1.29, 1.82) is 0 Å². The summed E-state index contributed by atoms with van der Waals surface area (Å²) in [6.45, 7) is 5.37. The zero-order valence-corrected chi connectivity index (χ0v) is 12.7. The molecule has 0 aliphatic carbocycles. The van der Waals surface area contributed by atoms with Gasteiger partial charge in [0.1, 0.15) is 6.04 Å². The van der Waals surface area contributed by atoms with Gasteiger partial charge in [0.15, 0.2) is 0 Å². The molecule has 4 nitrogen and oxygen atoms in total. The first-order valence-corrected chi connectivity index (χ1v) is 7.25. The van der Waals surface area contributed by atoms with Gasteiger partial charge in [-0.2, -0.15) is 0 Å². The number of aryl methyl sites for hydroxylation is 1. The van der Waals surface area contributed by atoms with E-state index in [2.05, 4.69) is 16.8 Å². The highest BCUT2D eigenvalue weighted by Gasteiger charge is 2.28. The Morgan fingerprint density at radius 1 is 1.35 bits per heavy atom. The molecule has 1 heterocycles. The van der Waals surface area contributed by atoms with E-state index >= 15 is 0 Å². The molecule has 1 aliphatic rings. The van der Waals surface area contributed by atoms with Crippen LogP contribution in [0.1, 0.15) is 11.1 Å². The van der Waals surface area contributed by atoms with Crippen LogP contribution in [0, 0.1) is 6.92 Å². The third-order valence-electron chi connectivity index (χ3n) is 3.93. The number of hydrogen-bond donors (Lipinski definition) is 1. The molecule has 110 valence electrons.